The Bertz CT molecular complexity index is 1000. The van der Waals surface area contributed by atoms with Crippen LogP contribution in [0.4, 0.5) is 11.5 Å². The summed E-state index contributed by atoms with van der Waals surface area (Å²) in [6.45, 7) is 2.36. The monoisotopic (exact) mass is 454 g/mol. The quantitative estimate of drug-likeness (QED) is 0.565. The van der Waals surface area contributed by atoms with E-state index < -0.39 is 0 Å². The third kappa shape index (κ3) is 3.73. The number of fused-ring (bicyclic) bond motifs is 1. The molecule has 6 nitrogen and oxygen atoms in total. The number of hydrogen-bond donors (Lipinski definition) is 2. The summed E-state index contributed by atoms with van der Waals surface area (Å²) in [6, 6.07) is 11.2. The normalized spacial score (nSPS) is 19.2. The van der Waals surface area contributed by atoms with E-state index in [0.717, 1.165) is 51.8 Å². The lowest BCUT2D eigenvalue weighted by Crippen LogP contribution is -2.43. The Morgan fingerprint density at radius 2 is 1.83 bits per heavy atom. The molecule has 1 aliphatic heterocycles. The van der Waals surface area contributed by atoms with Crippen LogP contribution < -0.4 is 11.1 Å². The number of hydrogen-bond acceptors (Lipinski definition) is 5. The molecule has 2 fully saturated rings. The Balaban J connectivity index is 1.40. The second kappa shape index (κ2) is 7.95. The van der Waals surface area contributed by atoms with Gasteiger partial charge < -0.3 is 16.0 Å². The lowest BCUT2D eigenvalue weighted by atomic mass is 10.0. The summed E-state index contributed by atoms with van der Waals surface area (Å²) < 4.78 is 2.77. The van der Waals surface area contributed by atoms with E-state index in [-0.39, 0.29) is 0 Å². The molecule has 3 heterocycles. The highest BCUT2D eigenvalue weighted by atomic mass is 79.9. The number of halogens is 1. The van der Waals surface area contributed by atoms with Gasteiger partial charge in [-0.3, -0.25) is 0 Å². The average molecular weight is 455 g/mol. The fourth-order valence-corrected chi connectivity index (χ4v) is 5.14. The van der Waals surface area contributed by atoms with Gasteiger partial charge in [0.2, 0.25) is 0 Å². The van der Waals surface area contributed by atoms with E-state index in [1.54, 1.807) is 6.20 Å². The molecule has 0 radical (unpaired) electrons. The van der Waals surface area contributed by atoms with Crippen molar-refractivity contribution in [2.75, 3.05) is 24.1 Å². The number of aromatic nitrogens is 3. The van der Waals surface area contributed by atoms with E-state index >= 15 is 0 Å². The van der Waals surface area contributed by atoms with Gasteiger partial charge in [0.15, 0.2) is 5.65 Å². The maximum atomic E-state index is 6.22. The first kappa shape index (κ1) is 18.9. The van der Waals surface area contributed by atoms with E-state index in [4.69, 9.17) is 10.7 Å². The van der Waals surface area contributed by atoms with E-state index in [9.17, 15) is 0 Å². The van der Waals surface area contributed by atoms with Crippen LogP contribution in [-0.4, -0.2) is 44.7 Å². The molecule has 2 aliphatic rings. The van der Waals surface area contributed by atoms with Crippen molar-refractivity contribution >= 4 is 33.1 Å². The molecule has 1 aliphatic carbocycles. The Labute approximate surface area is 179 Å². The summed E-state index contributed by atoms with van der Waals surface area (Å²) in [5.74, 6) is 0.971. The smallest absolute Gasteiger partial charge is 0.172 e. The van der Waals surface area contributed by atoms with Gasteiger partial charge in [-0.05, 0) is 47.7 Å². The molecule has 0 amide bonds. The van der Waals surface area contributed by atoms with Gasteiger partial charge >= 0.3 is 0 Å². The number of piperidine rings is 1. The van der Waals surface area contributed by atoms with E-state index in [2.05, 4.69) is 37.3 Å². The predicted molar refractivity (Wildman–Crippen MR) is 121 cm³/mol. The molecule has 0 spiro atoms. The summed E-state index contributed by atoms with van der Waals surface area (Å²) in [4.78, 5) is 7.51. The van der Waals surface area contributed by atoms with Crippen LogP contribution in [0.1, 0.15) is 38.5 Å². The minimum atomic E-state index is 0.446. The third-order valence-corrected chi connectivity index (χ3v) is 6.95. The van der Waals surface area contributed by atoms with Crippen molar-refractivity contribution in [1.29, 1.82) is 0 Å². The number of likely N-dealkylation sites (tertiary alicyclic amines) is 1. The highest BCUT2D eigenvalue weighted by molar-refractivity contribution is 9.10. The number of rotatable bonds is 4. The first-order valence-corrected chi connectivity index (χ1v) is 11.4. The third-order valence-electron chi connectivity index (χ3n) is 6.39. The zero-order valence-electron chi connectivity index (χ0n) is 16.5. The van der Waals surface area contributed by atoms with Crippen LogP contribution in [0, 0.1) is 0 Å². The van der Waals surface area contributed by atoms with Crippen molar-refractivity contribution in [2.24, 2.45) is 0 Å². The zero-order valence-corrected chi connectivity index (χ0v) is 18.1. The summed E-state index contributed by atoms with van der Waals surface area (Å²) >= 11 is 3.59. The number of nitrogen functional groups attached to an aromatic ring is 1. The van der Waals surface area contributed by atoms with Gasteiger partial charge in [-0.2, -0.15) is 9.61 Å². The van der Waals surface area contributed by atoms with Crippen molar-refractivity contribution in [2.45, 2.75) is 50.6 Å². The minimum Gasteiger partial charge on any atom is -0.398 e. The van der Waals surface area contributed by atoms with Crippen LogP contribution in [0.3, 0.4) is 0 Å². The summed E-state index contributed by atoms with van der Waals surface area (Å²) in [5, 5.41) is 8.27. The van der Waals surface area contributed by atoms with Crippen LogP contribution >= 0.6 is 15.9 Å². The van der Waals surface area contributed by atoms with Gasteiger partial charge in [0.25, 0.3) is 0 Å². The molecule has 1 saturated carbocycles. The topological polar surface area (TPSA) is 71.5 Å². The summed E-state index contributed by atoms with van der Waals surface area (Å²) in [6.07, 6.45) is 9.68. The fourth-order valence-electron chi connectivity index (χ4n) is 4.79. The number of para-hydroxylation sites is 1. The average Bonchev–Trinajstić information content (AvgIpc) is 3.40. The Morgan fingerprint density at radius 1 is 1.07 bits per heavy atom. The first-order chi connectivity index (χ1) is 14.2. The van der Waals surface area contributed by atoms with E-state index in [1.165, 1.54) is 38.8 Å². The maximum Gasteiger partial charge on any atom is 0.172 e. The van der Waals surface area contributed by atoms with Crippen molar-refractivity contribution in [1.82, 2.24) is 19.5 Å². The van der Waals surface area contributed by atoms with Crippen molar-refractivity contribution in [3.05, 3.63) is 41.0 Å². The lowest BCUT2D eigenvalue weighted by molar-refractivity contribution is 0.159. The highest BCUT2D eigenvalue weighted by Crippen LogP contribution is 2.31. The first-order valence-electron chi connectivity index (χ1n) is 10.6. The number of anilines is 2. The maximum absolute atomic E-state index is 6.22. The molecule has 5 rings (SSSR count). The van der Waals surface area contributed by atoms with E-state index in [0.29, 0.717) is 6.04 Å². The van der Waals surface area contributed by atoms with Gasteiger partial charge in [-0.25, -0.2) is 4.98 Å². The molecule has 0 atom stereocenters. The second-order valence-corrected chi connectivity index (χ2v) is 9.09. The van der Waals surface area contributed by atoms with Crippen LogP contribution in [0.25, 0.3) is 16.9 Å². The number of nitrogens with two attached hydrogens (primary N) is 1. The van der Waals surface area contributed by atoms with Crippen LogP contribution in [-0.2, 0) is 0 Å². The SMILES string of the molecule is Nc1ccccc1-c1cc(NC2CCN(C3CCCC3)CC2)n2ncc(Br)c2n1. The lowest BCUT2D eigenvalue weighted by Gasteiger charge is -2.36. The van der Waals surface area contributed by atoms with Crippen LogP contribution in [0.5, 0.6) is 0 Å². The molecule has 0 bridgehead atoms. The van der Waals surface area contributed by atoms with Gasteiger partial charge in [-0.1, -0.05) is 31.0 Å². The fraction of sp³-hybridized carbons (Fsp3) is 0.455. The summed E-state index contributed by atoms with van der Waals surface area (Å²) in [7, 11) is 0. The van der Waals surface area contributed by atoms with Gasteiger partial charge in [-0.15, -0.1) is 0 Å². The van der Waals surface area contributed by atoms with Crippen molar-refractivity contribution in [3.63, 3.8) is 0 Å². The Hall–Kier alpha value is -2.12. The number of nitrogens with one attached hydrogen (secondary N) is 1. The van der Waals surface area contributed by atoms with Gasteiger partial charge in [0.05, 0.1) is 16.4 Å². The molecule has 1 saturated heterocycles. The molecule has 152 valence electrons. The molecule has 29 heavy (non-hydrogen) atoms. The molecular weight excluding hydrogens is 428 g/mol. The largest absolute Gasteiger partial charge is 0.398 e. The molecular formula is C22H27BrN6. The second-order valence-electron chi connectivity index (χ2n) is 8.23. The molecule has 3 aromatic rings. The summed E-state index contributed by atoms with van der Waals surface area (Å²) in [5.41, 5.74) is 9.56. The highest BCUT2D eigenvalue weighted by Gasteiger charge is 2.27. The van der Waals surface area contributed by atoms with Crippen molar-refractivity contribution in [3.8, 4) is 11.3 Å². The standard InChI is InChI=1S/C22H27BrN6/c23-18-14-25-29-21(13-20(27-22(18)29)17-7-3-4-8-19(17)24)26-15-9-11-28(12-10-15)16-5-1-2-6-16/h3-4,7-8,13-16,26H,1-2,5-6,9-12,24H2. The minimum absolute atomic E-state index is 0.446. The van der Waals surface area contributed by atoms with Crippen LogP contribution in [0.2, 0.25) is 0 Å². The van der Waals surface area contributed by atoms with Crippen LogP contribution in [0.15, 0.2) is 41.0 Å². The predicted octanol–water partition coefficient (Wildman–Crippen LogP) is 4.56. The van der Waals surface area contributed by atoms with Crippen molar-refractivity contribution < 1.29 is 0 Å². The number of nitrogens with zero attached hydrogens (tertiary/aromatic N) is 4. The molecule has 0 unspecified atom stereocenters. The molecule has 2 aromatic heterocycles. The van der Waals surface area contributed by atoms with Gasteiger partial charge in [0.1, 0.15) is 5.82 Å². The Kier molecular flexibility index (Phi) is 5.18. The molecule has 7 heteroatoms. The molecule has 1 aromatic carbocycles. The zero-order chi connectivity index (χ0) is 19.8. The van der Waals surface area contributed by atoms with Gasteiger partial charge in [0, 0.05) is 42.5 Å². The number of benzene rings is 1. The van der Waals surface area contributed by atoms with E-state index in [1.807, 2.05) is 28.8 Å². The molecule has 3 N–H and O–H groups in total. The Morgan fingerprint density at radius 3 is 2.59 bits per heavy atom.